The average molecular weight is 1270 g/mol. The smallest absolute Gasteiger partial charge is 0.232 e. The van der Waals surface area contributed by atoms with Crippen LogP contribution in [0, 0.1) is 6.92 Å². The molecule has 0 atom stereocenters. The van der Waals surface area contributed by atoms with Gasteiger partial charge in [-0.2, -0.15) is 44.9 Å². The van der Waals surface area contributed by atoms with Gasteiger partial charge in [-0.3, -0.25) is 0 Å². The molecule has 5 aliphatic heterocycles. The van der Waals surface area contributed by atoms with Gasteiger partial charge in [0.15, 0.2) is 0 Å². The molecule has 0 aliphatic carbocycles. The summed E-state index contributed by atoms with van der Waals surface area (Å²) in [4.78, 5) is 60.5. The van der Waals surface area contributed by atoms with Crippen LogP contribution in [-0.4, -0.2) is 205 Å². The molecule has 0 unspecified atom stereocenters. The Balaban J connectivity index is 1.05. The minimum Gasteiger partial charge on any atom is -0.354 e. The fraction of sp³-hybridized carbons (Fsp3) is 0.868. The van der Waals surface area contributed by atoms with Crippen molar-refractivity contribution in [3.8, 4) is 0 Å². The zero-order valence-electron chi connectivity index (χ0n) is 61.8. The lowest BCUT2D eigenvalue weighted by Crippen LogP contribution is -2.62. The van der Waals surface area contributed by atoms with Gasteiger partial charge in [-0.25, -0.2) is 0 Å². The molecule has 8 rings (SSSR count). The molecule has 23 nitrogen and oxygen atoms in total. The Hall–Kier alpha value is -4.81. The summed E-state index contributed by atoms with van der Waals surface area (Å²) < 4.78 is 0. The van der Waals surface area contributed by atoms with Crippen molar-refractivity contribution in [2.45, 2.75) is 308 Å². The third kappa shape index (κ3) is 19.9. The van der Waals surface area contributed by atoms with Crippen molar-refractivity contribution in [3.05, 3.63) is 5.82 Å². The Morgan fingerprint density at radius 1 is 0.308 bits per heavy atom. The molecule has 5 saturated heterocycles. The first kappa shape index (κ1) is 72.0. The molecule has 3 aromatic rings. The van der Waals surface area contributed by atoms with Gasteiger partial charge >= 0.3 is 0 Å². The highest BCUT2D eigenvalue weighted by Crippen LogP contribution is 2.39. The summed E-state index contributed by atoms with van der Waals surface area (Å²) in [6.45, 7) is 52.2. The van der Waals surface area contributed by atoms with Gasteiger partial charge in [0.1, 0.15) is 5.82 Å². The highest BCUT2D eigenvalue weighted by atomic mass is 15.4. The molecule has 0 aromatic carbocycles. The van der Waals surface area contributed by atoms with E-state index in [1.807, 2.05) is 6.92 Å². The van der Waals surface area contributed by atoms with Crippen LogP contribution in [0.1, 0.15) is 221 Å². The van der Waals surface area contributed by atoms with Crippen LogP contribution >= 0.6 is 0 Å². The summed E-state index contributed by atoms with van der Waals surface area (Å²) in [5.41, 5.74) is -0.454. The molecule has 0 saturated carbocycles. The molecule has 91 heavy (non-hydrogen) atoms. The Kier molecular flexibility index (Phi) is 21.2. The van der Waals surface area contributed by atoms with E-state index in [0.29, 0.717) is 85.6 Å². The summed E-state index contributed by atoms with van der Waals surface area (Å²) in [6.07, 6.45) is 11.3. The number of aryl methyl sites for hydroxylation is 1. The molecular formula is C68H127N23. The van der Waals surface area contributed by atoms with Crippen molar-refractivity contribution >= 4 is 47.6 Å². The highest BCUT2D eigenvalue weighted by molar-refractivity contribution is 5.49. The summed E-state index contributed by atoms with van der Waals surface area (Å²) in [7, 11) is 10.8. The van der Waals surface area contributed by atoms with E-state index in [1.54, 1.807) is 0 Å². The number of rotatable bonds is 24. The lowest BCUT2D eigenvalue weighted by Gasteiger charge is -2.49. The minimum absolute atomic E-state index is 0.00569. The van der Waals surface area contributed by atoms with E-state index in [0.717, 1.165) is 90.1 Å². The third-order valence-corrected chi connectivity index (χ3v) is 19.6. The van der Waals surface area contributed by atoms with Crippen LogP contribution in [0.25, 0.3) is 0 Å². The van der Waals surface area contributed by atoms with Crippen molar-refractivity contribution in [3.63, 3.8) is 0 Å². The SMILES string of the molecule is Cc1nc(NCCCNCCN(CCCNc2nc(N(C)C3CC(C)(C)NC(C)(C)C3)nc(N(C)C3CC(C)(C)NC(C)(C)C3)n2)c2nc(N(C)C3CC(C)(C)NC(C)(C)C3)nc(N(C)C3CC(C)(C)NC(C)(C)C3)n2)nc(N(C)C2CC(C)(C)NC(C)(C)C2)n1. The highest BCUT2D eigenvalue weighted by Gasteiger charge is 2.45. The summed E-state index contributed by atoms with van der Waals surface area (Å²) in [5.74, 6) is 6.07. The van der Waals surface area contributed by atoms with Crippen LogP contribution in [-0.2, 0) is 0 Å². The van der Waals surface area contributed by atoms with Crippen LogP contribution in [0.3, 0.4) is 0 Å². The Morgan fingerprint density at radius 3 is 0.868 bits per heavy atom. The Morgan fingerprint density at radius 2 is 0.560 bits per heavy atom. The maximum Gasteiger partial charge on any atom is 0.232 e. The fourth-order valence-corrected chi connectivity index (χ4v) is 17.3. The van der Waals surface area contributed by atoms with E-state index >= 15 is 0 Å². The number of aromatic nitrogens is 9. The minimum atomic E-state index is -0.0677. The topological polar surface area (TPSA) is 232 Å². The van der Waals surface area contributed by atoms with Crippen molar-refractivity contribution in [1.29, 1.82) is 0 Å². The molecule has 514 valence electrons. The lowest BCUT2D eigenvalue weighted by atomic mass is 9.79. The third-order valence-electron chi connectivity index (χ3n) is 19.6. The molecule has 23 heteroatoms. The first-order valence-corrected chi connectivity index (χ1v) is 34.6. The molecule has 0 bridgehead atoms. The second-order valence-corrected chi connectivity index (χ2v) is 35.1. The monoisotopic (exact) mass is 1270 g/mol. The van der Waals surface area contributed by atoms with Crippen LogP contribution in [0.5, 0.6) is 0 Å². The predicted octanol–water partition coefficient (Wildman–Crippen LogP) is 8.68. The number of nitrogens with one attached hydrogen (secondary N) is 8. The van der Waals surface area contributed by atoms with E-state index in [4.69, 9.17) is 44.9 Å². The summed E-state index contributed by atoms with van der Waals surface area (Å²) in [6, 6.07) is 1.18. The molecule has 0 amide bonds. The largest absolute Gasteiger partial charge is 0.354 e. The molecule has 5 fully saturated rings. The number of piperidine rings is 5. The number of hydrogen-bond acceptors (Lipinski definition) is 23. The number of hydrogen-bond donors (Lipinski definition) is 8. The summed E-state index contributed by atoms with van der Waals surface area (Å²) in [5, 5.41) is 30.5. The van der Waals surface area contributed by atoms with Gasteiger partial charge in [-0.15, -0.1) is 0 Å². The van der Waals surface area contributed by atoms with E-state index < -0.39 is 0 Å². The molecule has 3 aromatic heterocycles. The molecule has 8 heterocycles. The first-order chi connectivity index (χ1) is 41.8. The molecule has 0 radical (unpaired) electrons. The summed E-state index contributed by atoms with van der Waals surface area (Å²) >= 11 is 0. The Bertz CT molecular complexity index is 2710. The van der Waals surface area contributed by atoms with Gasteiger partial charge in [0.25, 0.3) is 0 Å². The van der Waals surface area contributed by atoms with Crippen molar-refractivity contribution < 1.29 is 0 Å². The number of anilines is 8. The first-order valence-electron chi connectivity index (χ1n) is 34.6. The van der Waals surface area contributed by atoms with Crippen molar-refractivity contribution in [2.75, 3.05) is 115 Å². The van der Waals surface area contributed by atoms with Gasteiger partial charge in [-0.1, -0.05) is 0 Å². The van der Waals surface area contributed by atoms with Crippen molar-refractivity contribution in [2.24, 2.45) is 0 Å². The van der Waals surface area contributed by atoms with Crippen LogP contribution in [0.2, 0.25) is 0 Å². The van der Waals surface area contributed by atoms with E-state index in [2.05, 4.69) is 246 Å². The van der Waals surface area contributed by atoms with E-state index in [9.17, 15) is 0 Å². The van der Waals surface area contributed by atoms with Gasteiger partial charge in [-0.05, 0) is 229 Å². The van der Waals surface area contributed by atoms with Crippen LogP contribution in [0.4, 0.5) is 47.6 Å². The lowest BCUT2D eigenvalue weighted by molar-refractivity contribution is 0.159. The normalized spacial score (nSPS) is 23.5. The zero-order valence-corrected chi connectivity index (χ0v) is 61.8. The second kappa shape index (κ2) is 26.8. The number of nitrogens with zero attached hydrogens (tertiary/aromatic N) is 15. The van der Waals surface area contributed by atoms with Crippen molar-refractivity contribution in [1.82, 2.24) is 76.8 Å². The fourth-order valence-electron chi connectivity index (χ4n) is 17.3. The average Bonchev–Trinajstić information content (AvgIpc) is 0.814. The quantitative estimate of drug-likeness (QED) is 0.0392. The van der Waals surface area contributed by atoms with E-state index in [-0.39, 0.29) is 79.6 Å². The maximum absolute atomic E-state index is 5.48. The standard InChI is InChI=1S/C68H127N23/c1-45-72-51(74-53(73-45)86(22)46-35-59(2,3)81-60(4,5)36-46)70-30-27-29-69-32-34-91(58-79-56(89(25)49-41-65(14,15)84-66(16,17)42-49)78-57(80-58)90(26)50-43-67(18,19)85-68(20,21)44-50)33-28-31-71-52-75-54(87(23)47-37-61(6,7)82-62(8,9)38-47)77-55(76-52)88(24)48-39-63(10,11)83-64(12,13)40-48/h46-50,69,81-85H,27-44H2,1-26H3,(H,70,72,73,74)(H,71,75,76,77). The van der Waals surface area contributed by atoms with Gasteiger partial charge in [0.05, 0.1) is 0 Å². The van der Waals surface area contributed by atoms with Gasteiger partial charge < -0.3 is 71.9 Å². The molecule has 5 aliphatic rings. The second-order valence-electron chi connectivity index (χ2n) is 35.1. The van der Waals surface area contributed by atoms with E-state index in [1.165, 1.54) is 0 Å². The van der Waals surface area contributed by atoms with Gasteiger partial charge in [0.2, 0.25) is 47.6 Å². The molecular weight excluding hydrogens is 1140 g/mol. The van der Waals surface area contributed by atoms with Crippen LogP contribution in [0.15, 0.2) is 0 Å². The molecule has 0 spiro atoms. The molecule has 8 N–H and O–H groups in total. The van der Waals surface area contributed by atoms with Gasteiger partial charge in [0, 0.05) is 154 Å². The Labute approximate surface area is 550 Å². The van der Waals surface area contributed by atoms with Crippen LogP contribution < -0.4 is 71.9 Å². The predicted molar refractivity (Wildman–Crippen MR) is 379 cm³/mol. The zero-order chi connectivity index (χ0) is 67.3. The maximum atomic E-state index is 5.48.